The third-order valence-electron chi connectivity index (χ3n) is 4.66. The van der Waals surface area contributed by atoms with Crippen LogP contribution in [-0.4, -0.2) is 31.1 Å². The van der Waals surface area contributed by atoms with Gasteiger partial charge in [-0.3, -0.25) is 0 Å². The van der Waals surface area contributed by atoms with Crippen molar-refractivity contribution < 1.29 is 4.39 Å². The number of halogens is 1. The van der Waals surface area contributed by atoms with E-state index in [1.807, 2.05) is 6.07 Å². The number of nitrogens with one attached hydrogen (secondary N) is 1. The van der Waals surface area contributed by atoms with E-state index in [4.69, 9.17) is 0 Å². The molecule has 3 heteroatoms. The molecule has 0 saturated carbocycles. The van der Waals surface area contributed by atoms with Crippen molar-refractivity contribution in [1.82, 2.24) is 4.90 Å². The minimum atomic E-state index is -0.122. The highest BCUT2D eigenvalue weighted by Crippen LogP contribution is 2.41. The van der Waals surface area contributed by atoms with Gasteiger partial charge in [0.2, 0.25) is 0 Å². The van der Waals surface area contributed by atoms with Crippen LogP contribution in [0.25, 0.3) is 0 Å². The molecule has 1 unspecified atom stereocenters. The van der Waals surface area contributed by atoms with Crippen LogP contribution in [0.1, 0.15) is 31.7 Å². The standard InChI is InChI=1S/C15H21FN2/c1-15(9-12-4-3-7-18(12)2)10-17-14-6-5-11(16)8-13(14)15/h5-6,8,12,17H,3-4,7,9-10H2,1-2H3/t12-,15?/m1/s1. The van der Waals surface area contributed by atoms with Crippen LogP contribution in [0.3, 0.4) is 0 Å². The van der Waals surface area contributed by atoms with Crippen molar-refractivity contribution in [3.8, 4) is 0 Å². The summed E-state index contributed by atoms with van der Waals surface area (Å²) in [6.45, 7) is 4.39. The van der Waals surface area contributed by atoms with Crippen LogP contribution >= 0.6 is 0 Å². The van der Waals surface area contributed by atoms with Crippen molar-refractivity contribution >= 4 is 5.69 Å². The average molecular weight is 248 g/mol. The molecule has 0 bridgehead atoms. The summed E-state index contributed by atoms with van der Waals surface area (Å²) in [4.78, 5) is 2.45. The van der Waals surface area contributed by atoms with Gasteiger partial charge in [-0.25, -0.2) is 4.39 Å². The van der Waals surface area contributed by atoms with Crippen LogP contribution in [0, 0.1) is 5.82 Å². The molecule has 2 aliphatic rings. The molecule has 0 aliphatic carbocycles. The molecule has 2 aliphatic heterocycles. The Morgan fingerprint density at radius 1 is 1.50 bits per heavy atom. The Morgan fingerprint density at radius 2 is 2.33 bits per heavy atom. The maximum absolute atomic E-state index is 13.5. The third-order valence-corrected chi connectivity index (χ3v) is 4.66. The summed E-state index contributed by atoms with van der Waals surface area (Å²) in [6, 6.07) is 5.77. The van der Waals surface area contributed by atoms with E-state index in [0.29, 0.717) is 6.04 Å². The summed E-state index contributed by atoms with van der Waals surface area (Å²) in [6.07, 6.45) is 3.68. The smallest absolute Gasteiger partial charge is 0.123 e. The maximum atomic E-state index is 13.5. The summed E-state index contributed by atoms with van der Waals surface area (Å²) in [5.41, 5.74) is 2.34. The first kappa shape index (κ1) is 12.0. The number of anilines is 1. The second-order valence-electron chi connectivity index (χ2n) is 6.08. The minimum Gasteiger partial charge on any atom is -0.384 e. The number of rotatable bonds is 2. The highest BCUT2D eigenvalue weighted by atomic mass is 19.1. The first-order valence-corrected chi connectivity index (χ1v) is 6.83. The van der Waals surface area contributed by atoms with E-state index in [-0.39, 0.29) is 11.2 Å². The lowest BCUT2D eigenvalue weighted by atomic mass is 9.78. The van der Waals surface area contributed by atoms with Gasteiger partial charge in [-0.1, -0.05) is 6.92 Å². The molecule has 2 nitrogen and oxygen atoms in total. The van der Waals surface area contributed by atoms with Gasteiger partial charge in [0.25, 0.3) is 0 Å². The van der Waals surface area contributed by atoms with Crippen molar-refractivity contribution in [1.29, 1.82) is 0 Å². The summed E-state index contributed by atoms with van der Waals surface area (Å²) in [5.74, 6) is -0.122. The Morgan fingerprint density at radius 3 is 3.06 bits per heavy atom. The monoisotopic (exact) mass is 248 g/mol. The van der Waals surface area contributed by atoms with E-state index in [0.717, 1.165) is 24.2 Å². The molecule has 1 N–H and O–H groups in total. The Kier molecular flexibility index (Phi) is 2.81. The van der Waals surface area contributed by atoms with Crippen molar-refractivity contribution in [2.45, 2.75) is 37.6 Å². The summed E-state index contributed by atoms with van der Waals surface area (Å²) < 4.78 is 13.5. The Bertz CT molecular complexity index is 460. The molecular formula is C15H21FN2. The van der Waals surface area contributed by atoms with E-state index in [2.05, 4.69) is 24.2 Å². The van der Waals surface area contributed by atoms with Crippen molar-refractivity contribution in [3.63, 3.8) is 0 Å². The molecule has 0 spiro atoms. The second kappa shape index (κ2) is 4.23. The van der Waals surface area contributed by atoms with Crippen molar-refractivity contribution in [3.05, 3.63) is 29.6 Å². The number of hydrogen-bond donors (Lipinski definition) is 1. The van der Waals surface area contributed by atoms with Crippen molar-refractivity contribution in [2.75, 3.05) is 25.5 Å². The van der Waals surface area contributed by atoms with E-state index >= 15 is 0 Å². The molecule has 18 heavy (non-hydrogen) atoms. The predicted octanol–water partition coefficient (Wildman–Crippen LogP) is 2.99. The van der Waals surface area contributed by atoms with Crippen LogP contribution in [0.2, 0.25) is 0 Å². The molecule has 0 aromatic heterocycles. The molecule has 3 rings (SSSR count). The number of likely N-dealkylation sites (tertiary alicyclic amines) is 1. The normalized spacial score (nSPS) is 31.4. The summed E-state index contributed by atoms with van der Waals surface area (Å²) >= 11 is 0. The average Bonchev–Trinajstić information content (AvgIpc) is 2.86. The van der Waals surface area contributed by atoms with Crippen molar-refractivity contribution in [2.24, 2.45) is 0 Å². The predicted molar refractivity (Wildman–Crippen MR) is 72.5 cm³/mol. The zero-order valence-electron chi connectivity index (χ0n) is 11.2. The van der Waals surface area contributed by atoms with Gasteiger partial charge < -0.3 is 10.2 Å². The van der Waals surface area contributed by atoms with E-state index < -0.39 is 0 Å². The Labute approximate surface area is 108 Å². The fourth-order valence-corrected chi connectivity index (χ4v) is 3.49. The van der Waals surface area contributed by atoms with Crippen LogP contribution in [0.5, 0.6) is 0 Å². The first-order valence-electron chi connectivity index (χ1n) is 6.83. The summed E-state index contributed by atoms with van der Waals surface area (Å²) in [7, 11) is 2.20. The SMILES string of the molecule is CN1CCC[C@@H]1CC1(C)CNc2ccc(F)cc21. The molecule has 1 saturated heterocycles. The molecule has 98 valence electrons. The first-order chi connectivity index (χ1) is 8.58. The zero-order valence-corrected chi connectivity index (χ0v) is 11.2. The number of fused-ring (bicyclic) bond motifs is 1. The van der Waals surface area contributed by atoms with E-state index in [1.54, 1.807) is 12.1 Å². The highest BCUT2D eigenvalue weighted by molar-refractivity contribution is 5.60. The van der Waals surface area contributed by atoms with Crippen LogP contribution < -0.4 is 5.32 Å². The second-order valence-corrected chi connectivity index (χ2v) is 6.08. The maximum Gasteiger partial charge on any atom is 0.123 e. The lowest BCUT2D eigenvalue weighted by Crippen LogP contribution is -2.35. The van der Waals surface area contributed by atoms with Gasteiger partial charge in [-0.2, -0.15) is 0 Å². The molecule has 0 radical (unpaired) electrons. The number of nitrogens with zero attached hydrogens (tertiary/aromatic N) is 1. The van der Waals surface area contributed by atoms with Crippen LogP contribution in [-0.2, 0) is 5.41 Å². The van der Waals surface area contributed by atoms with Gasteiger partial charge in [0.1, 0.15) is 5.82 Å². The highest BCUT2D eigenvalue weighted by Gasteiger charge is 2.38. The lowest BCUT2D eigenvalue weighted by Gasteiger charge is -2.31. The third kappa shape index (κ3) is 1.91. The minimum absolute atomic E-state index is 0.0701. The fraction of sp³-hybridized carbons (Fsp3) is 0.600. The Hall–Kier alpha value is -1.09. The molecule has 1 fully saturated rings. The molecule has 1 aromatic carbocycles. The van der Waals surface area contributed by atoms with E-state index in [1.165, 1.54) is 19.4 Å². The molecule has 2 heterocycles. The van der Waals surface area contributed by atoms with Crippen LogP contribution in [0.4, 0.5) is 10.1 Å². The molecule has 1 aromatic rings. The van der Waals surface area contributed by atoms with Gasteiger partial charge in [0.15, 0.2) is 0 Å². The van der Waals surface area contributed by atoms with Gasteiger partial charge in [0.05, 0.1) is 0 Å². The van der Waals surface area contributed by atoms with Gasteiger partial charge >= 0.3 is 0 Å². The molecule has 0 amide bonds. The number of benzene rings is 1. The topological polar surface area (TPSA) is 15.3 Å². The van der Waals surface area contributed by atoms with Gasteiger partial charge in [-0.05, 0) is 56.6 Å². The summed E-state index contributed by atoms with van der Waals surface area (Å²) in [5, 5.41) is 3.42. The molecule has 2 atom stereocenters. The molecular weight excluding hydrogens is 227 g/mol. The lowest BCUT2D eigenvalue weighted by molar-refractivity contribution is 0.254. The van der Waals surface area contributed by atoms with Gasteiger partial charge in [-0.15, -0.1) is 0 Å². The quantitative estimate of drug-likeness (QED) is 0.865. The zero-order chi connectivity index (χ0) is 12.8. The Balaban J connectivity index is 1.86. The number of hydrogen-bond acceptors (Lipinski definition) is 2. The fourth-order valence-electron chi connectivity index (χ4n) is 3.49. The van der Waals surface area contributed by atoms with Gasteiger partial charge in [0, 0.05) is 23.7 Å². The largest absolute Gasteiger partial charge is 0.384 e. The van der Waals surface area contributed by atoms with Crippen LogP contribution in [0.15, 0.2) is 18.2 Å². The van der Waals surface area contributed by atoms with E-state index in [9.17, 15) is 4.39 Å².